The topological polar surface area (TPSA) is 13.0 Å². The molecule has 7 heteroatoms. The van der Waals surface area contributed by atoms with Crippen LogP contribution in [0.5, 0.6) is 0 Å². The Labute approximate surface area is 126 Å². The van der Waals surface area contributed by atoms with Crippen molar-refractivity contribution < 1.29 is 0 Å². The Morgan fingerprint density at radius 1 is 0.737 bits per heavy atom. The monoisotopic (exact) mass is 320 g/mol. The van der Waals surface area contributed by atoms with Crippen LogP contribution in [-0.2, 0) is 0 Å². The maximum Gasteiger partial charge on any atom is 0.188 e. The molecule has 0 amide bonds. The first kappa shape index (κ1) is 19.5. The summed E-state index contributed by atoms with van der Waals surface area (Å²) in [4.78, 5) is 0. The summed E-state index contributed by atoms with van der Waals surface area (Å²) in [5.41, 5.74) is 0. The van der Waals surface area contributed by atoms with Crippen LogP contribution >= 0.6 is 0 Å². The van der Waals surface area contributed by atoms with E-state index in [0.29, 0.717) is 0 Å². The molecule has 0 aliphatic rings. The average Bonchev–Trinajstić information content (AvgIpc) is 2.29. The van der Waals surface area contributed by atoms with Crippen LogP contribution in [0.4, 0.5) is 0 Å². The SMILES string of the molecule is CCN(CC)[SiH2]N([Si](C)(C)N(C)C)[Si](C)(C)N(C)C. The molecule has 0 aromatic heterocycles. The Morgan fingerprint density at radius 3 is 1.26 bits per heavy atom. The Bertz CT molecular complexity index is 246. The fraction of sp³-hybridized carbons (Fsp3) is 1.00. The minimum absolute atomic E-state index is 0.348. The van der Waals surface area contributed by atoms with E-state index in [-0.39, 0.29) is 9.84 Å². The molecule has 0 heterocycles. The second kappa shape index (κ2) is 7.49. The molecule has 0 saturated heterocycles. The Morgan fingerprint density at radius 2 is 1.05 bits per heavy atom. The van der Waals surface area contributed by atoms with Crippen LogP contribution in [0.15, 0.2) is 0 Å². The van der Waals surface area contributed by atoms with Crippen LogP contribution in [-0.4, -0.2) is 85.5 Å². The van der Waals surface area contributed by atoms with E-state index in [2.05, 4.69) is 85.8 Å². The molecule has 0 rings (SSSR count). The second-order valence-corrected chi connectivity index (χ2v) is 19.0. The summed E-state index contributed by atoms with van der Waals surface area (Å²) in [6.07, 6.45) is 0. The maximum absolute atomic E-state index is 2.98. The van der Waals surface area contributed by atoms with Gasteiger partial charge in [0.2, 0.25) is 0 Å². The fourth-order valence-electron chi connectivity index (χ4n) is 2.12. The molecule has 0 aromatic carbocycles. The van der Waals surface area contributed by atoms with Gasteiger partial charge in [0.05, 0.1) is 0 Å². The highest BCUT2D eigenvalue weighted by Crippen LogP contribution is 2.22. The molecule has 116 valence electrons. The molecule has 0 radical (unpaired) electrons. The summed E-state index contributed by atoms with van der Waals surface area (Å²) in [5, 5.41) is 0. The van der Waals surface area contributed by atoms with Gasteiger partial charge in [-0.2, -0.15) is 0 Å². The Balaban J connectivity index is 5.38. The van der Waals surface area contributed by atoms with E-state index >= 15 is 0 Å². The van der Waals surface area contributed by atoms with Crippen molar-refractivity contribution in [2.45, 2.75) is 40.0 Å². The van der Waals surface area contributed by atoms with Gasteiger partial charge in [0.25, 0.3) is 0 Å². The summed E-state index contributed by atoms with van der Waals surface area (Å²) in [6.45, 7) is 17.0. The third-order valence-corrected chi connectivity index (χ3v) is 22.1. The lowest BCUT2D eigenvalue weighted by atomic mass is 10.7. The lowest BCUT2D eigenvalue weighted by Crippen LogP contribution is -2.75. The average molecular weight is 321 g/mol. The van der Waals surface area contributed by atoms with Gasteiger partial charge in [-0.05, 0) is 67.5 Å². The molecule has 19 heavy (non-hydrogen) atoms. The van der Waals surface area contributed by atoms with Crippen molar-refractivity contribution in [2.75, 3.05) is 41.3 Å². The van der Waals surface area contributed by atoms with Crippen LogP contribution in [0.2, 0.25) is 26.2 Å². The molecular weight excluding hydrogens is 284 g/mol. The lowest BCUT2D eigenvalue weighted by Gasteiger charge is -2.53. The first-order valence-corrected chi connectivity index (χ1v) is 14.4. The van der Waals surface area contributed by atoms with Crippen LogP contribution in [0.1, 0.15) is 13.8 Å². The smallest absolute Gasteiger partial charge is 0.188 e. The van der Waals surface area contributed by atoms with Gasteiger partial charge in [-0.3, -0.25) is 0 Å². The van der Waals surface area contributed by atoms with Crippen molar-refractivity contribution in [2.24, 2.45) is 0 Å². The van der Waals surface area contributed by atoms with E-state index in [1.807, 2.05) is 0 Å². The molecule has 0 unspecified atom stereocenters. The van der Waals surface area contributed by atoms with Crippen molar-refractivity contribution >= 4 is 26.6 Å². The van der Waals surface area contributed by atoms with Crippen molar-refractivity contribution in [3.8, 4) is 0 Å². The number of hydrogen-bond donors (Lipinski definition) is 0. The van der Waals surface area contributed by atoms with Gasteiger partial charge >= 0.3 is 0 Å². The summed E-state index contributed by atoms with van der Waals surface area (Å²) in [5.74, 6) is 0. The number of nitrogens with zero attached hydrogens (tertiary/aromatic N) is 4. The van der Waals surface area contributed by atoms with Crippen molar-refractivity contribution in [3.63, 3.8) is 0 Å². The minimum atomic E-state index is -1.50. The summed E-state index contributed by atoms with van der Waals surface area (Å²) in [6, 6.07) is 0. The van der Waals surface area contributed by atoms with Gasteiger partial charge < -0.3 is 17.6 Å². The standard InChI is InChI=1S/C12H36N4Si3/c1-11-15(12-2)17-16(18(7,8)13(3)4)19(9,10)14(5)6/h11-12,17H2,1-10H3. The minimum Gasteiger partial charge on any atom is -0.337 e. The Kier molecular flexibility index (Phi) is 7.68. The highest BCUT2D eigenvalue weighted by atomic mass is 28.5. The third-order valence-electron chi connectivity index (χ3n) is 4.75. The predicted molar refractivity (Wildman–Crippen MR) is 95.6 cm³/mol. The summed E-state index contributed by atoms with van der Waals surface area (Å²) >= 11 is 0. The Hall–Kier alpha value is 0.491. The quantitative estimate of drug-likeness (QED) is 0.622. The van der Waals surface area contributed by atoms with Crippen LogP contribution in [0.25, 0.3) is 0 Å². The highest BCUT2D eigenvalue weighted by Gasteiger charge is 2.44. The van der Waals surface area contributed by atoms with Crippen molar-refractivity contribution in [1.29, 1.82) is 0 Å². The van der Waals surface area contributed by atoms with Gasteiger partial charge in [0.15, 0.2) is 26.6 Å². The zero-order valence-electron chi connectivity index (χ0n) is 14.9. The zero-order chi connectivity index (χ0) is 15.4. The zero-order valence-corrected chi connectivity index (χ0v) is 18.3. The molecule has 0 bridgehead atoms. The summed E-state index contributed by atoms with van der Waals surface area (Å²) in [7, 11) is 5.70. The molecule has 0 N–H and O–H groups in total. The van der Waals surface area contributed by atoms with Crippen molar-refractivity contribution in [1.82, 2.24) is 17.6 Å². The molecular formula is C12H36N4Si3. The first-order chi connectivity index (χ1) is 8.51. The van der Waals surface area contributed by atoms with Gasteiger partial charge in [-0.1, -0.05) is 13.8 Å². The van der Waals surface area contributed by atoms with E-state index in [1.54, 1.807) is 0 Å². The number of rotatable bonds is 8. The van der Waals surface area contributed by atoms with Crippen LogP contribution < -0.4 is 0 Å². The third kappa shape index (κ3) is 4.76. The normalized spacial score (nSPS) is 14.8. The summed E-state index contributed by atoms with van der Waals surface area (Å²) < 4.78 is 10.7. The van der Waals surface area contributed by atoms with E-state index in [1.165, 1.54) is 13.1 Å². The van der Waals surface area contributed by atoms with Crippen LogP contribution in [0.3, 0.4) is 0 Å². The maximum atomic E-state index is 2.98. The number of hydrogen-bond acceptors (Lipinski definition) is 4. The molecule has 4 nitrogen and oxygen atoms in total. The van der Waals surface area contributed by atoms with Crippen molar-refractivity contribution in [3.05, 3.63) is 0 Å². The van der Waals surface area contributed by atoms with Crippen LogP contribution in [0, 0.1) is 0 Å². The largest absolute Gasteiger partial charge is 0.337 e. The van der Waals surface area contributed by atoms with Gasteiger partial charge in [-0.15, -0.1) is 0 Å². The van der Waals surface area contributed by atoms with E-state index < -0.39 is 16.8 Å². The van der Waals surface area contributed by atoms with Gasteiger partial charge in [0, 0.05) is 0 Å². The lowest BCUT2D eigenvalue weighted by molar-refractivity contribution is 0.455. The van der Waals surface area contributed by atoms with E-state index in [0.717, 1.165) is 0 Å². The molecule has 0 spiro atoms. The van der Waals surface area contributed by atoms with E-state index in [9.17, 15) is 0 Å². The predicted octanol–water partition coefficient (Wildman–Crippen LogP) is 1.16. The van der Waals surface area contributed by atoms with Gasteiger partial charge in [-0.25, -0.2) is 0 Å². The van der Waals surface area contributed by atoms with Gasteiger partial charge in [0.1, 0.15) is 0 Å². The molecule has 0 aliphatic carbocycles. The molecule has 0 aliphatic heterocycles. The molecule has 0 fully saturated rings. The second-order valence-electron chi connectivity index (χ2n) is 6.65. The molecule has 0 saturated carbocycles. The fourth-order valence-corrected chi connectivity index (χ4v) is 16.1. The molecule has 0 atom stereocenters. The molecule has 0 aromatic rings. The van der Waals surface area contributed by atoms with E-state index in [4.69, 9.17) is 0 Å². The highest BCUT2D eigenvalue weighted by molar-refractivity contribution is 6.94. The first-order valence-electron chi connectivity index (χ1n) is 7.36.